The molecular formula is C11H12Br2O5. The zero-order valence-electron chi connectivity index (χ0n) is 9.52. The third kappa shape index (κ3) is 4.24. The summed E-state index contributed by atoms with van der Waals surface area (Å²) in [7, 11) is 1.48. The van der Waals surface area contributed by atoms with Crippen molar-refractivity contribution < 1.29 is 24.5 Å². The SMILES string of the molecule is COCC(O)COc1c(Br)cc(C(=O)O)cc1Br. The van der Waals surface area contributed by atoms with E-state index in [4.69, 9.17) is 14.6 Å². The van der Waals surface area contributed by atoms with Crippen LogP contribution >= 0.6 is 31.9 Å². The number of methoxy groups -OCH3 is 1. The van der Waals surface area contributed by atoms with Crippen molar-refractivity contribution in [2.75, 3.05) is 20.3 Å². The Morgan fingerprint density at radius 1 is 1.33 bits per heavy atom. The first-order chi connectivity index (χ1) is 8.45. The minimum atomic E-state index is -1.03. The standard InChI is InChI=1S/C11H12Br2O5/c1-17-4-7(14)5-18-10-8(12)2-6(11(15)16)3-9(10)13/h2-3,7,14H,4-5H2,1H3,(H,15,16). The molecular weight excluding hydrogens is 372 g/mol. The molecule has 1 aromatic rings. The van der Waals surface area contributed by atoms with Gasteiger partial charge in [-0.1, -0.05) is 0 Å². The zero-order chi connectivity index (χ0) is 13.7. The molecule has 1 atom stereocenters. The van der Waals surface area contributed by atoms with Crippen molar-refractivity contribution in [2.24, 2.45) is 0 Å². The van der Waals surface area contributed by atoms with Gasteiger partial charge in [0, 0.05) is 7.11 Å². The first-order valence-electron chi connectivity index (χ1n) is 4.97. The third-order valence-electron chi connectivity index (χ3n) is 2.02. The highest BCUT2D eigenvalue weighted by atomic mass is 79.9. The molecule has 0 fully saturated rings. The van der Waals surface area contributed by atoms with Crippen molar-refractivity contribution >= 4 is 37.8 Å². The number of carboxylic acids is 1. The molecule has 0 aromatic heterocycles. The van der Waals surface area contributed by atoms with Crippen LogP contribution in [0.5, 0.6) is 5.75 Å². The van der Waals surface area contributed by atoms with Crippen LogP contribution in [0.15, 0.2) is 21.1 Å². The van der Waals surface area contributed by atoms with Gasteiger partial charge in [-0.2, -0.15) is 0 Å². The van der Waals surface area contributed by atoms with E-state index in [0.29, 0.717) is 14.7 Å². The molecule has 0 radical (unpaired) electrons. The molecule has 0 amide bonds. The van der Waals surface area contributed by atoms with Crippen molar-refractivity contribution in [3.05, 3.63) is 26.6 Å². The lowest BCUT2D eigenvalue weighted by atomic mass is 10.2. The number of carbonyl (C=O) groups is 1. The van der Waals surface area contributed by atoms with Crippen LogP contribution in [0, 0.1) is 0 Å². The van der Waals surface area contributed by atoms with Crippen LogP contribution < -0.4 is 4.74 Å². The Kier molecular flexibility index (Phi) is 6.07. The van der Waals surface area contributed by atoms with E-state index in [1.54, 1.807) is 0 Å². The summed E-state index contributed by atoms with van der Waals surface area (Å²) in [5.74, 6) is -0.586. The van der Waals surface area contributed by atoms with Crippen molar-refractivity contribution in [3.8, 4) is 5.75 Å². The van der Waals surface area contributed by atoms with Crippen molar-refractivity contribution in [3.63, 3.8) is 0 Å². The van der Waals surface area contributed by atoms with Crippen LogP contribution in [0.4, 0.5) is 0 Å². The van der Waals surface area contributed by atoms with E-state index in [-0.39, 0.29) is 18.8 Å². The van der Waals surface area contributed by atoms with Gasteiger partial charge < -0.3 is 19.7 Å². The first-order valence-corrected chi connectivity index (χ1v) is 6.56. The van der Waals surface area contributed by atoms with E-state index in [1.807, 2.05) is 0 Å². The molecule has 0 heterocycles. The van der Waals surface area contributed by atoms with Gasteiger partial charge in [-0.05, 0) is 44.0 Å². The number of hydrogen-bond acceptors (Lipinski definition) is 4. The predicted octanol–water partition coefficient (Wildman–Crippen LogP) is 2.30. The molecule has 18 heavy (non-hydrogen) atoms. The summed E-state index contributed by atoms with van der Waals surface area (Å²) in [5, 5.41) is 18.3. The number of hydrogen-bond donors (Lipinski definition) is 2. The van der Waals surface area contributed by atoms with Gasteiger partial charge >= 0.3 is 5.97 Å². The maximum Gasteiger partial charge on any atom is 0.335 e. The second-order valence-electron chi connectivity index (χ2n) is 3.49. The number of ether oxygens (including phenoxy) is 2. The number of halogens is 2. The topological polar surface area (TPSA) is 76.0 Å². The molecule has 0 aliphatic rings. The molecule has 2 N–H and O–H groups in total. The summed E-state index contributed by atoms with van der Waals surface area (Å²) in [4.78, 5) is 10.8. The summed E-state index contributed by atoms with van der Waals surface area (Å²) in [6, 6.07) is 2.87. The number of aromatic carboxylic acids is 1. The highest BCUT2D eigenvalue weighted by molar-refractivity contribution is 9.11. The van der Waals surface area contributed by atoms with Gasteiger partial charge in [-0.3, -0.25) is 0 Å². The summed E-state index contributed by atoms with van der Waals surface area (Å²) in [6.45, 7) is 0.222. The predicted molar refractivity (Wildman–Crippen MR) is 72.2 cm³/mol. The molecule has 0 saturated heterocycles. The van der Waals surface area contributed by atoms with Crippen molar-refractivity contribution in [1.29, 1.82) is 0 Å². The average molecular weight is 384 g/mol. The molecule has 0 aliphatic heterocycles. The zero-order valence-corrected chi connectivity index (χ0v) is 12.7. The lowest BCUT2D eigenvalue weighted by molar-refractivity contribution is 0.0321. The molecule has 1 unspecified atom stereocenters. The Morgan fingerprint density at radius 2 is 1.89 bits per heavy atom. The summed E-state index contributed by atoms with van der Waals surface area (Å²) in [6.07, 6.45) is -0.743. The normalized spacial score (nSPS) is 12.2. The summed E-state index contributed by atoms with van der Waals surface area (Å²) < 4.78 is 11.2. The van der Waals surface area contributed by atoms with Crippen LogP contribution in [0.1, 0.15) is 10.4 Å². The van der Waals surface area contributed by atoms with Gasteiger partial charge in [-0.15, -0.1) is 0 Å². The van der Waals surface area contributed by atoms with Gasteiger partial charge in [0.2, 0.25) is 0 Å². The Balaban J connectivity index is 2.81. The van der Waals surface area contributed by atoms with Crippen molar-refractivity contribution in [2.45, 2.75) is 6.10 Å². The monoisotopic (exact) mass is 382 g/mol. The molecule has 1 aromatic carbocycles. The summed E-state index contributed by atoms with van der Waals surface area (Å²) in [5.41, 5.74) is 0.138. The first kappa shape index (κ1) is 15.4. The Bertz CT molecular complexity index is 412. The molecule has 0 saturated carbocycles. The molecule has 0 bridgehead atoms. The highest BCUT2D eigenvalue weighted by Gasteiger charge is 2.14. The van der Waals surface area contributed by atoms with E-state index in [2.05, 4.69) is 31.9 Å². The number of rotatable bonds is 6. The van der Waals surface area contributed by atoms with Gasteiger partial charge in [0.15, 0.2) is 0 Å². The van der Waals surface area contributed by atoms with Crippen LogP contribution in [-0.2, 0) is 4.74 Å². The van der Waals surface area contributed by atoms with Crippen LogP contribution in [0.2, 0.25) is 0 Å². The second-order valence-corrected chi connectivity index (χ2v) is 5.20. The fraction of sp³-hybridized carbons (Fsp3) is 0.364. The molecule has 100 valence electrons. The quantitative estimate of drug-likeness (QED) is 0.788. The fourth-order valence-corrected chi connectivity index (χ4v) is 2.66. The molecule has 1 rings (SSSR count). The molecule has 5 nitrogen and oxygen atoms in total. The van der Waals surface area contributed by atoms with E-state index in [9.17, 15) is 9.90 Å². The Morgan fingerprint density at radius 3 is 2.33 bits per heavy atom. The van der Waals surface area contributed by atoms with Crippen LogP contribution in [0.3, 0.4) is 0 Å². The maximum absolute atomic E-state index is 10.8. The number of benzene rings is 1. The van der Waals surface area contributed by atoms with Crippen LogP contribution in [0.25, 0.3) is 0 Å². The Labute approximate surface area is 121 Å². The highest BCUT2D eigenvalue weighted by Crippen LogP contribution is 2.34. The van der Waals surface area contributed by atoms with E-state index < -0.39 is 12.1 Å². The van der Waals surface area contributed by atoms with Crippen molar-refractivity contribution in [1.82, 2.24) is 0 Å². The maximum atomic E-state index is 10.8. The Hall–Kier alpha value is -0.630. The van der Waals surface area contributed by atoms with E-state index >= 15 is 0 Å². The minimum Gasteiger partial charge on any atom is -0.488 e. The lowest BCUT2D eigenvalue weighted by Crippen LogP contribution is -2.22. The third-order valence-corrected chi connectivity index (χ3v) is 3.20. The molecule has 0 aliphatic carbocycles. The number of aliphatic hydroxyl groups is 1. The minimum absolute atomic E-state index is 0.0530. The van der Waals surface area contributed by atoms with Gasteiger partial charge in [0.05, 0.1) is 21.1 Å². The van der Waals surface area contributed by atoms with Gasteiger partial charge in [-0.25, -0.2) is 4.79 Å². The summed E-state index contributed by atoms with van der Waals surface area (Å²) >= 11 is 6.45. The lowest BCUT2D eigenvalue weighted by Gasteiger charge is -2.14. The number of carboxylic acid groups (broad SMARTS) is 1. The van der Waals surface area contributed by atoms with Crippen LogP contribution in [-0.4, -0.2) is 42.6 Å². The molecule has 7 heteroatoms. The van der Waals surface area contributed by atoms with Gasteiger partial charge in [0.1, 0.15) is 18.5 Å². The second kappa shape index (κ2) is 7.08. The fourth-order valence-electron chi connectivity index (χ4n) is 1.24. The largest absolute Gasteiger partial charge is 0.488 e. The van der Waals surface area contributed by atoms with Gasteiger partial charge in [0.25, 0.3) is 0 Å². The smallest absolute Gasteiger partial charge is 0.335 e. The van der Waals surface area contributed by atoms with E-state index in [1.165, 1.54) is 19.2 Å². The average Bonchev–Trinajstić information content (AvgIpc) is 2.27. The van der Waals surface area contributed by atoms with E-state index in [0.717, 1.165) is 0 Å². The number of aliphatic hydroxyl groups excluding tert-OH is 1. The molecule has 0 spiro atoms.